The van der Waals surface area contributed by atoms with Crippen molar-refractivity contribution in [3.05, 3.63) is 29.8 Å². The first-order chi connectivity index (χ1) is 7.25. The van der Waals surface area contributed by atoms with E-state index >= 15 is 0 Å². The lowest BCUT2D eigenvalue weighted by molar-refractivity contribution is 0.0962. The van der Waals surface area contributed by atoms with Crippen LogP contribution in [-0.2, 0) is 0 Å². The molecule has 1 aliphatic carbocycles. The topological polar surface area (TPSA) is 43.1 Å². The van der Waals surface area contributed by atoms with Gasteiger partial charge < -0.3 is 5.73 Å². The Morgan fingerprint density at radius 2 is 1.80 bits per heavy atom. The number of carbonyl (C=O) groups excluding carboxylic acids is 1. The Kier molecular flexibility index (Phi) is 3.05. The number of nitrogen functional groups attached to an aromatic ring is 1. The quantitative estimate of drug-likeness (QED) is 0.606. The van der Waals surface area contributed by atoms with Crippen LogP contribution >= 0.6 is 0 Å². The molecule has 1 aromatic carbocycles. The Labute approximate surface area is 90.5 Å². The molecule has 0 unspecified atom stereocenters. The van der Waals surface area contributed by atoms with Crippen LogP contribution in [0.2, 0.25) is 0 Å². The van der Waals surface area contributed by atoms with Gasteiger partial charge in [-0.3, -0.25) is 4.79 Å². The Morgan fingerprint density at radius 1 is 1.20 bits per heavy atom. The normalized spacial score (nSPS) is 16.8. The van der Waals surface area contributed by atoms with Crippen LogP contribution in [0.3, 0.4) is 0 Å². The van der Waals surface area contributed by atoms with Gasteiger partial charge in [0.05, 0.1) is 0 Å². The second-order valence-electron chi connectivity index (χ2n) is 4.40. The zero-order valence-corrected chi connectivity index (χ0v) is 8.91. The molecule has 0 atom stereocenters. The monoisotopic (exact) mass is 203 g/mol. The lowest BCUT2D eigenvalue weighted by Crippen LogP contribution is -2.05. The zero-order chi connectivity index (χ0) is 10.7. The average molecular weight is 203 g/mol. The zero-order valence-electron chi connectivity index (χ0n) is 8.91. The molecule has 0 bridgehead atoms. The Bertz CT molecular complexity index is 336. The third-order valence-corrected chi connectivity index (χ3v) is 3.18. The van der Waals surface area contributed by atoms with Gasteiger partial charge in [-0.05, 0) is 30.2 Å². The van der Waals surface area contributed by atoms with Gasteiger partial charge in [0.2, 0.25) is 0 Å². The summed E-state index contributed by atoms with van der Waals surface area (Å²) in [5, 5.41) is 0. The predicted molar refractivity (Wildman–Crippen MR) is 61.8 cm³/mol. The summed E-state index contributed by atoms with van der Waals surface area (Å²) in [6.07, 6.45) is 5.74. The van der Waals surface area contributed by atoms with Gasteiger partial charge >= 0.3 is 0 Å². The lowest BCUT2D eigenvalue weighted by atomic mass is 9.97. The van der Waals surface area contributed by atoms with Crippen LogP contribution in [0.5, 0.6) is 0 Å². The van der Waals surface area contributed by atoms with Crippen molar-refractivity contribution in [2.24, 2.45) is 5.92 Å². The summed E-state index contributed by atoms with van der Waals surface area (Å²) in [6, 6.07) is 7.24. The van der Waals surface area contributed by atoms with Crippen molar-refractivity contribution in [2.75, 3.05) is 5.73 Å². The van der Waals surface area contributed by atoms with Crippen molar-refractivity contribution in [2.45, 2.75) is 32.1 Å². The van der Waals surface area contributed by atoms with Crippen molar-refractivity contribution in [1.82, 2.24) is 0 Å². The number of hydrogen-bond donors (Lipinski definition) is 1. The smallest absolute Gasteiger partial charge is 0.163 e. The summed E-state index contributed by atoms with van der Waals surface area (Å²) >= 11 is 0. The molecule has 0 saturated heterocycles. The molecule has 80 valence electrons. The first-order valence-corrected chi connectivity index (χ1v) is 5.64. The van der Waals surface area contributed by atoms with Crippen molar-refractivity contribution in [3.8, 4) is 0 Å². The third kappa shape index (κ3) is 2.58. The molecule has 1 aliphatic rings. The van der Waals surface area contributed by atoms with Crippen LogP contribution in [-0.4, -0.2) is 5.78 Å². The number of Topliss-reactive ketones (excluding diaryl/α,β-unsaturated/α-hetero) is 1. The van der Waals surface area contributed by atoms with Gasteiger partial charge in [-0.2, -0.15) is 0 Å². The molecular formula is C13H17NO. The molecule has 1 aromatic rings. The number of anilines is 1. The van der Waals surface area contributed by atoms with Crippen LogP contribution in [0.15, 0.2) is 24.3 Å². The summed E-state index contributed by atoms with van der Waals surface area (Å²) in [5.41, 5.74) is 7.10. The van der Waals surface area contributed by atoms with Gasteiger partial charge in [0.15, 0.2) is 5.78 Å². The van der Waals surface area contributed by atoms with Crippen LogP contribution in [0.25, 0.3) is 0 Å². The van der Waals surface area contributed by atoms with Crippen LogP contribution in [0, 0.1) is 5.92 Å². The summed E-state index contributed by atoms with van der Waals surface area (Å²) in [5.74, 6) is 0.886. The van der Waals surface area contributed by atoms with E-state index < -0.39 is 0 Å². The first kappa shape index (κ1) is 10.2. The number of carbonyl (C=O) groups is 1. The summed E-state index contributed by atoms with van der Waals surface area (Å²) in [4.78, 5) is 11.9. The Morgan fingerprint density at radius 3 is 2.40 bits per heavy atom. The average Bonchev–Trinajstić information content (AvgIpc) is 2.71. The molecule has 0 heterocycles. The number of hydrogen-bond acceptors (Lipinski definition) is 2. The molecule has 0 aliphatic heterocycles. The SMILES string of the molecule is Nc1ccc(C(=O)CC2CCCC2)cc1. The van der Waals surface area contributed by atoms with Gasteiger partial charge in [-0.15, -0.1) is 0 Å². The van der Waals surface area contributed by atoms with E-state index in [1.165, 1.54) is 25.7 Å². The highest BCUT2D eigenvalue weighted by molar-refractivity contribution is 5.96. The summed E-state index contributed by atoms with van der Waals surface area (Å²) in [6.45, 7) is 0. The third-order valence-electron chi connectivity index (χ3n) is 3.18. The molecule has 2 nitrogen and oxygen atoms in total. The molecule has 0 spiro atoms. The maximum Gasteiger partial charge on any atom is 0.163 e. The Balaban J connectivity index is 1.98. The molecular weight excluding hydrogens is 186 g/mol. The van der Waals surface area contributed by atoms with Gasteiger partial charge in [-0.25, -0.2) is 0 Å². The molecule has 2 heteroatoms. The van der Waals surface area contributed by atoms with E-state index in [4.69, 9.17) is 5.73 Å². The van der Waals surface area contributed by atoms with E-state index in [1.54, 1.807) is 12.1 Å². The fourth-order valence-electron chi connectivity index (χ4n) is 2.26. The number of benzene rings is 1. The molecule has 2 N–H and O–H groups in total. The van der Waals surface area contributed by atoms with E-state index in [0.29, 0.717) is 18.0 Å². The van der Waals surface area contributed by atoms with Gasteiger partial charge in [0, 0.05) is 17.7 Å². The van der Waals surface area contributed by atoms with Gasteiger partial charge in [-0.1, -0.05) is 25.7 Å². The fraction of sp³-hybridized carbons (Fsp3) is 0.462. The molecule has 0 aromatic heterocycles. The molecule has 0 amide bonds. The standard InChI is InChI=1S/C13H17NO/c14-12-7-5-11(6-8-12)13(15)9-10-3-1-2-4-10/h5-8,10H,1-4,9,14H2. The highest BCUT2D eigenvalue weighted by Gasteiger charge is 2.18. The van der Waals surface area contributed by atoms with Crippen molar-refractivity contribution < 1.29 is 4.79 Å². The first-order valence-electron chi connectivity index (χ1n) is 5.64. The van der Waals surface area contributed by atoms with Crippen molar-refractivity contribution in [3.63, 3.8) is 0 Å². The number of ketones is 1. The fourth-order valence-corrected chi connectivity index (χ4v) is 2.26. The molecule has 2 rings (SSSR count). The predicted octanol–water partition coefficient (Wildman–Crippen LogP) is 3.03. The van der Waals surface area contributed by atoms with Crippen molar-refractivity contribution >= 4 is 11.5 Å². The maximum atomic E-state index is 11.9. The lowest BCUT2D eigenvalue weighted by Gasteiger charge is -2.07. The number of rotatable bonds is 3. The second kappa shape index (κ2) is 4.47. The summed E-state index contributed by atoms with van der Waals surface area (Å²) in [7, 11) is 0. The number of nitrogens with two attached hydrogens (primary N) is 1. The van der Waals surface area contributed by atoms with E-state index in [0.717, 1.165) is 5.56 Å². The van der Waals surface area contributed by atoms with E-state index in [9.17, 15) is 4.79 Å². The van der Waals surface area contributed by atoms with Crippen LogP contribution in [0.1, 0.15) is 42.5 Å². The molecule has 0 radical (unpaired) electrons. The van der Waals surface area contributed by atoms with Gasteiger partial charge in [0.1, 0.15) is 0 Å². The molecule has 1 saturated carbocycles. The molecule has 1 fully saturated rings. The molecule has 15 heavy (non-hydrogen) atoms. The minimum absolute atomic E-state index is 0.266. The van der Waals surface area contributed by atoms with E-state index in [-0.39, 0.29) is 5.78 Å². The van der Waals surface area contributed by atoms with Crippen molar-refractivity contribution in [1.29, 1.82) is 0 Å². The largest absolute Gasteiger partial charge is 0.399 e. The Hall–Kier alpha value is -1.31. The summed E-state index contributed by atoms with van der Waals surface area (Å²) < 4.78 is 0. The van der Waals surface area contributed by atoms with Crippen LogP contribution in [0.4, 0.5) is 5.69 Å². The highest BCUT2D eigenvalue weighted by Crippen LogP contribution is 2.28. The van der Waals surface area contributed by atoms with E-state index in [1.807, 2.05) is 12.1 Å². The maximum absolute atomic E-state index is 11.9. The highest BCUT2D eigenvalue weighted by atomic mass is 16.1. The van der Waals surface area contributed by atoms with Gasteiger partial charge in [0.25, 0.3) is 0 Å². The second-order valence-corrected chi connectivity index (χ2v) is 4.40. The minimum Gasteiger partial charge on any atom is -0.399 e. The minimum atomic E-state index is 0.266. The van der Waals surface area contributed by atoms with Crippen LogP contribution < -0.4 is 5.73 Å². The van der Waals surface area contributed by atoms with E-state index in [2.05, 4.69) is 0 Å².